The first-order valence-electron chi connectivity index (χ1n) is 22.7. The molecule has 13 aromatic rings. The van der Waals surface area contributed by atoms with Gasteiger partial charge < -0.3 is 9.32 Å². The Hall–Kier alpha value is -8.72. The first kappa shape index (κ1) is 37.8. The number of anilines is 3. The minimum atomic E-state index is 0.859. The highest BCUT2D eigenvalue weighted by atomic mass is 16.3. The van der Waals surface area contributed by atoms with Crippen molar-refractivity contribution in [1.82, 2.24) is 0 Å². The summed E-state index contributed by atoms with van der Waals surface area (Å²) in [5, 5.41) is 12.0. The van der Waals surface area contributed by atoms with Crippen LogP contribution in [-0.4, -0.2) is 0 Å². The maximum atomic E-state index is 6.77. The molecule has 0 aliphatic heterocycles. The number of fused-ring (bicyclic) bond motifs is 9. The van der Waals surface area contributed by atoms with Crippen LogP contribution in [0.4, 0.5) is 17.1 Å². The van der Waals surface area contributed by atoms with Gasteiger partial charge in [0.25, 0.3) is 0 Å². The van der Waals surface area contributed by atoms with E-state index in [9.17, 15) is 0 Å². The summed E-state index contributed by atoms with van der Waals surface area (Å²) in [6.07, 6.45) is 0. The predicted molar refractivity (Wildman–Crippen MR) is 280 cm³/mol. The van der Waals surface area contributed by atoms with Crippen LogP contribution in [0.3, 0.4) is 0 Å². The fourth-order valence-corrected chi connectivity index (χ4v) is 10.3. The number of benzene rings is 12. The van der Waals surface area contributed by atoms with E-state index in [4.69, 9.17) is 4.42 Å². The van der Waals surface area contributed by atoms with Crippen LogP contribution in [0.2, 0.25) is 0 Å². The van der Waals surface area contributed by atoms with E-state index < -0.39 is 0 Å². The Labute approximate surface area is 382 Å². The van der Waals surface area contributed by atoms with Gasteiger partial charge in [0.1, 0.15) is 11.2 Å². The molecule has 13 rings (SSSR count). The van der Waals surface area contributed by atoms with Crippen molar-refractivity contribution >= 4 is 82.1 Å². The molecule has 0 atom stereocenters. The van der Waals surface area contributed by atoms with Crippen molar-refractivity contribution in [3.8, 4) is 44.5 Å². The second-order valence-corrected chi connectivity index (χ2v) is 17.2. The number of furan rings is 1. The summed E-state index contributed by atoms with van der Waals surface area (Å²) in [6, 6.07) is 90.3. The summed E-state index contributed by atoms with van der Waals surface area (Å²) in [5.41, 5.74) is 14.5. The van der Waals surface area contributed by atoms with Crippen LogP contribution >= 0.6 is 0 Å². The minimum Gasteiger partial charge on any atom is -0.455 e. The molecular formula is C64H41NO. The number of nitrogens with zero attached hydrogens (tertiary/aromatic N) is 1. The molecule has 0 fully saturated rings. The molecule has 0 amide bonds. The minimum absolute atomic E-state index is 0.859. The molecule has 12 aromatic carbocycles. The number of hydrogen-bond donors (Lipinski definition) is 0. The van der Waals surface area contributed by atoms with Gasteiger partial charge in [0.2, 0.25) is 0 Å². The van der Waals surface area contributed by atoms with Crippen molar-refractivity contribution in [1.29, 1.82) is 0 Å². The molecule has 1 aromatic heterocycles. The van der Waals surface area contributed by atoms with E-state index in [-0.39, 0.29) is 0 Å². The highest BCUT2D eigenvalue weighted by Gasteiger charge is 2.20. The predicted octanol–water partition coefficient (Wildman–Crippen LogP) is 18.3. The molecule has 2 heteroatoms. The third kappa shape index (κ3) is 6.34. The van der Waals surface area contributed by atoms with Crippen LogP contribution in [0.25, 0.3) is 110 Å². The zero-order valence-corrected chi connectivity index (χ0v) is 36.0. The maximum absolute atomic E-state index is 6.77. The van der Waals surface area contributed by atoms with E-state index in [1.807, 2.05) is 0 Å². The number of hydrogen-bond acceptors (Lipinski definition) is 2. The highest BCUT2D eigenvalue weighted by molar-refractivity contribution is 6.22. The molecule has 0 unspecified atom stereocenters. The average Bonchev–Trinajstić information content (AvgIpc) is 3.77. The van der Waals surface area contributed by atoms with Gasteiger partial charge in [-0.2, -0.15) is 0 Å². The maximum Gasteiger partial charge on any atom is 0.143 e. The standard InChI is InChI=1S/C64H41NO/c1-3-16-45(17-4-1)62-58-25-12-11-24-55(58)56-35-31-50(40-60(56)63(62)46-18-5-2-6-19-46)48-21-13-22-52(39-48)65(51-32-28-43(29-33-51)49-27-26-42-14-7-8-20-47(42)38-49)53-34-37-57-59-36-30-44-15-9-10-23-54(44)64(59)66-61(57)41-53/h1-41H. The fourth-order valence-electron chi connectivity index (χ4n) is 10.3. The molecule has 2 nitrogen and oxygen atoms in total. The Bertz CT molecular complexity index is 3980. The zero-order valence-electron chi connectivity index (χ0n) is 36.0. The lowest BCUT2D eigenvalue weighted by molar-refractivity contribution is 0.672. The molecule has 0 spiro atoms. The van der Waals surface area contributed by atoms with E-state index in [0.717, 1.165) is 55.5 Å². The quantitative estimate of drug-likeness (QED) is 0.149. The summed E-state index contributed by atoms with van der Waals surface area (Å²) >= 11 is 0. The molecule has 0 N–H and O–H groups in total. The molecule has 0 aliphatic rings. The zero-order chi connectivity index (χ0) is 43.6. The lowest BCUT2D eigenvalue weighted by Gasteiger charge is -2.26. The fraction of sp³-hybridized carbons (Fsp3) is 0. The SMILES string of the molecule is c1ccc(-c2c(-c3ccccc3)c3cc(-c4cccc(N(c5ccc(-c6ccc7ccccc7c6)cc5)c5ccc6c(c5)oc5c7ccccc7ccc65)c4)ccc3c3ccccc23)cc1. The van der Waals surface area contributed by atoms with Gasteiger partial charge in [-0.25, -0.2) is 0 Å². The molecule has 66 heavy (non-hydrogen) atoms. The normalized spacial score (nSPS) is 11.6. The van der Waals surface area contributed by atoms with Gasteiger partial charge in [0.05, 0.1) is 0 Å². The van der Waals surface area contributed by atoms with Gasteiger partial charge in [-0.1, -0.05) is 188 Å². The Balaban J connectivity index is 0.987. The van der Waals surface area contributed by atoms with Gasteiger partial charge in [0.15, 0.2) is 0 Å². The summed E-state index contributed by atoms with van der Waals surface area (Å²) < 4.78 is 6.77. The van der Waals surface area contributed by atoms with Crippen LogP contribution in [0.5, 0.6) is 0 Å². The monoisotopic (exact) mass is 839 g/mol. The molecule has 0 saturated heterocycles. The number of rotatable bonds is 7. The average molecular weight is 840 g/mol. The lowest BCUT2D eigenvalue weighted by atomic mass is 9.84. The topological polar surface area (TPSA) is 16.4 Å². The molecule has 0 saturated carbocycles. The van der Waals surface area contributed by atoms with Crippen LogP contribution in [-0.2, 0) is 0 Å². The molecule has 1 heterocycles. The van der Waals surface area contributed by atoms with E-state index in [1.54, 1.807) is 0 Å². The molecule has 0 radical (unpaired) electrons. The van der Waals surface area contributed by atoms with Gasteiger partial charge in [0, 0.05) is 39.3 Å². The second kappa shape index (κ2) is 15.5. The second-order valence-electron chi connectivity index (χ2n) is 17.2. The summed E-state index contributed by atoms with van der Waals surface area (Å²) in [5.74, 6) is 0. The summed E-state index contributed by atoms with van der Waals surface area (Å²) in [4.78, 5) is 2.36. The Morgan fingerprint density at radius 1 is 0.242 bits per heavy atom. The largest absolute Gasteiger partial charge is 0.455 e. The van der Waals surface area contributed by atoms with Gasteiger partial charge >= 0.3 is 0 Å². The van der Waals surface area contributed by atoms with Crippen molar-refractivity contribution in [2.75, 3.05) is 4.90 Å². The smallest absolute Gasteiger partial charge is 0.143 e. The van der Waals surface area contributed by atoms with Crippen molar-refractivity contribution in [2.45, 2.75) is 0 Å². The first-order valence-corrected chi connectivity index (χ1v) is 22.7. The van der Waals surface area contributed by atoms with E-state index in [2.05, 4.69) is 254 Å². The van der Waals surface area contributed by atoms with Gasteiger partial charge in [-0.15, -0.1) is 0 Å². The Kier molecular flexibility index (Phi) is 8.89. The van der Waals surface area contributed by atoms with E-state index >= 15 is 0 Å². The van der Waals surface area contributed by atoms with Crippen LogP contribution in [0.1, 0.15) is 0 Å². The van der Waals surface area contributed by atoms with E-state index in [0.29, 0.717) is 0 Å². The van der Waals surface area contributed by atoms with Crippen molar-refractivity contribution in [3.05, 3.63) is 249 Å². The highest BCUT2D eigenvalue weighted by Crippen LogP contribution is 2.47. The molecular weight excluding hydrogens is 799 g/mol. The molecule has 308 valence electrons. The van der Waals surface area contributed by atoms with Crippen molar-refractivity contribution in [2.24, 2.45) is 0 Å². The lowest BCUT2D eigenvalue weighted by Crippen LogP contribution is -2.10. The summed E-state index contributed by atoms with van der Waals surface area (Å²) in [6.45, 7) is 0. The molecule has 0 bridgehead atoms. The van der Waals surface area contributed by atoms with Crippen molar-refractivity contribution in [3.63, 3.8) is 0 Å². The van der Waals surface area contributed by atoms with Crippen LogP contribution < -0.4 is 4.90 Å². The third-order valence-electron chi connectivity index (χ3n) is 13.4. The summed E-state index contributed by atoms with van der Waals surface area (Å²) in [7, 11) is 0. The van der Waals surface area contributed by atoms with Crippen LogP contribution in [0.15, 0.2) is 253 Å². The van der Waals surface area contributed by atoms with Gasteiger partial charge in [-0.05, 0) is 137 Å². The van der Waals surface area contributed by atoms with E-state index in [1.165, 1.54) is 71.1 Å². The van der Waals surface area contributed by atoms with Crippen LogP contribution in [0, 0.1) is 0 Å². The Morgan fingerprint density at radius 3 is 1.55 bits per heavy atom. The first-order chi connectivity index (χ1) is 32.7. The van der Waals surface area contributed by atoms with Crippen molar-refractivity contribution < 1.29 is 4.42 Å². The van der Waals surface area contributed by atoms with Gasteiger partial charge in [-0.3, -0.25) is 0 Å². The third-order valence-corrected chi connectivity index (χ3v) is 13.4. The Morgan fingerprint density at radius 2 is 0.758 bits per heavy atom. The molecule has 0 aliphatic carbocycles.